The molecule has 250 valence electrons. The number of ether oxygens (including phenoxy) is 1. The number of carbonyl (C=O) groups is 3. The summed E-state index contributed by atoms with van der Waals surface area (Å²) in [4.78, 5) is 40.2. The summed E-state index contributed by atoms with van der Waals surface area (Å²) in [7, 11) is -0.549. The summed E-state index contributed by atoms with van der Waals surface area (Å²) < 4.78 is 18.7. The predicted octanol–water partition coefficient (Wildman–Crippen LogP) is 5.66. The number of alkyl carbamates (subject to hydrolysis) is 1. The van der Waals surface area contributed by atoms with E-state index in [9.17, 15) is 14.4 Å². The molecular formula is C35H56BN3O6. The Labute approximate surface area is 270 Å². The molecule has 2 bridgehead atoms. The third kappa shape index (κ3) is 8.42. The molecule has 9 nitrogen and oxygen atoms in total. The Balaban J connectivity index is 1.43. The third-order valence-electron chi connectivity index (χ3n) is 10.2. The highest BCUT2D eigenvalue weighted by molar-refractivity contribution is 6.48. The zero-order valence-corrected chi connectivity index (χ0v) is 28.9. The summed E-state index contributed by atoms with van der Waals surface area (Å²) in [6.07, 6.45) is 3.01. The van der Waals surface area contributed by atoms with Gasteiger partial charge in [0.2, 0.25) is 11.8 Å². The van der Waals surface area contributed by atoms with E-state index in [4.69, 9.17) is 14.0 Å². The minimum atomic E-state index is -0.846. The van der Waals surface area contributed by atoms with Crippen molar-refractivity contribution in [3.05, 3.63) is 35.9 Å². The monoisotopic (exact) mass is 625 g/mol. The van der Waals surface area contributed by atoms with Gasteiger partial charge >= 0.3 is 13.2 Å². The van der Waals surface area contributed by atoms with Crippen LogP contribution in [0.25, 0.3) is 0 Å². The van der Waals surface area contributed by atoms with Gasteiger partial charge in [-0.3, -0.25) is 9.59 Å². The largest absolute Gasteiger partial charge is 0.481 e. The SMILES string of the molecule is CC(C)CC(NC(=O)C(CC(C)C)NC(=O)C(CC(C)C)NC(=O)OCc1ccccc1)B1OC2CC3CC(C3(C)C)[C@]2(C)O1. The van der Waals surface area contributed by atoms with Crippen LogP contribution in [0, 0.1) is 35.0 Å². The molecule has 45 heavy (non-hydrogen) atoms. The van der Waals surface area contributed by atoms with Gasteiger partial charge in [-0.2, -0.15) is 0 Å². The minimum Gasteiger partial charge on any atom is -0.445 e. The van der Waals surface area contributed by atoms with E-state index in [1.54, 1.807) is 0 Å². The number of benzene rings is 1. The highest BCUT2D eigenvalue weighted by atomic mass is 16.7. The van der Waals surface area contributed by atoms with E-state index < -0.39 is 31.2 Å². The van der Waals surface area contributed by atoms with Crippen LogP contribution in [0.1, 0.15) is 100.0 Å². The molecule has 1 aromatic carbocycles. The molecule has 7 atom stereocenters. The van der Waals surface area contributed by atoms with Crippen LogP contribution in [-0.4, -0.2) is 54.8 Å². The maximum atomic E-state index is 13.9. The first-order valence-corrected chi connectivity index (χ1v) is 17.0. The van der Waals surface area contributed by atoms with Gasteiger partial charge in [-0.25, -0.2) is 4.79 Å². The molecule has 10 heteroatoms. The standard InChI is InChI=1S/C35H56BN3O6/c1-21(2)15-26(37-31(40)27(16-22(3)4)38-33(42)43-20-24-13-11-10-12-14-24)32(41)39-30(17-23(5)6)36-44-29-19-25-18-28(34(25,7)8)35(29,9)45-36/h10-14,21-23,25-30H,15-20H2,1-9H3,(H,37,40)(H,38,42)(H,39,41)/t25?,26?,27?,28?,29?,30?,35-/m0/s1. The second kappa shape index (κ2) is 14.5. The van der Waals surface area contributed by atoms with Gasteiger partial charge in [0.25, 0.3) is 0 Å². The van der Waals surface area contributed by atoms with Gasteiger partial charge in [-0.1, -0.05) is 85.7 Å². The number of carbonyl (C=O) groups excluding carboxylic acids is 3. The first kappa shape index (κ1) is 35.3. The van der Waals surface area contributed by atoms with E-state index in [1.165, 1.54) is 0 Å². The second-order valence-corrected chi connectivity index (χ2v) is 15.7. The Bertz CT molecular complexity index is 1180. The zero-order valence-electron chi connectivity index (χ0n) is 28.9. The lowest BCUT2D eigenvalue weighted by Gasteiger charge is -2.64. The Morgan fingerprint density at radius 3 is 2.00 bits per heavy atom. The van der Waals surface area contributed by atoms with Gasteiger partial charge in [-0.15, -0.1) is 0 Å². The van der Waals surface area contributed by atoms with E-state index >= 15 is 0 Å². The fraction of sp³-hybridized carbons (Fsp3) is 0.743. The summed E-state index contributed by atoms with van der Waals surface area (Å²) >= 11 is 0. The van der Waals surface area contributed by atoms with E-state index in [0.717, 1.165) is 18.4 Å². The van der Waals surface area contributed by atoms with E-state index in [0.29, 0.717) is 37.0 Å². The third-order valence-corrected chi connectivity index (χ3v) is 10.2. The number of rotatable bonds is 14. The quantitative estimate of drug-likeness (QED) is 0.230. The van der Waals surface area contributed by atoms with Crippen molar-refractivity contribution in [1.29, 1.82) is 0 Å². The summed E-state index contributed by atoms with van der Waals surface area (Å²) in [5.74, 6) is 0.589. The number of hydrogen-bond donors (Lipinski definition) is 3. The molecule has 0 spiro atoms. The average molecular weight is 626 g/mol. The van der Waals surface area contributed by atoms with Gasteiger partial charge in [-0.05, 0) is 79.6 Å². The molecule has 0 radical (unpaired) electrons. The number of nitrogens with one attached hydrogen (secondary N) is 3. The minimum absolute atomic E-state index is 0.0153. The summed E-state index contributed by atoms with van der Waals surface area (Å²) in [6, 6.07) is 7.75. The van der Waals surface area contributed by atoms with Crippen molar-refractivity contribution in [2.75, 3.05) is 0 Å². The fourth-order valence-corrected chi connectivity index (χ4v) is 7.69. The zero-order chi connectivity index (χ0) is 33.1. The molecular weight excluding hydrogens is 569 g/mol. The van der Waals surface area contributed by atoms with Crippen LogP contribution < -0.4 is 16.0 Å². The molecule has 3 amide bonds. The molecule has 1 aromatic rings. The van der Waals surface area contributed by atoms with E-state index in [2.05, 4.69) is 50.6 Å². The van der Waals surface area contributed by atoms with Crippen molar-refractivity contribution in [3.8, 4) is 0 Å². The molecule has 6 unspecified atom stereocenters. The Hall–Kier alpha value is -2.59. The van der Waals surface area contributed by atoms with Crippen LogP contribution in [0.3, 0.4) is 0 Å². The lowest BCUT2D eigenvalue weighted by Crippen LogP contribution is -2.65. The van der Waals surface area contributed by atoms with Gasteiger partial charge in [0, 0.05) is 0 Å². The molecule has 0 aromatic heterocycles. The van der Waals surface area contributed by atoms with E-state index in [1.807, 2.05) is 58.0 Å². The van der Waals surface area contributed by atoms with Crippen LogP contribution in [0.2, 0.25) is 0 Å². The lowest BCUT2D eigenvalue weighted by molar-refractivity contribution is -0.199. The van der Waals surface area contributed by atoms with Gasteiger partial charge in [0.1, 0.15) is 18.7 Å². The Kier molecular flexibility index (Phi) is 11.3. The Morgan fingerprint density at radius 1 is 0.844 bits per heavy atom. The molecule has 5 rings (SSSR count). The van der Waals surface area contributed by atoms with Crippen LogP contribution in [0.4, 0.5) is 4.79 Å². The normalized spacial score (nSPS) is 26.9. The topological polar surface area (TPSA) is 115 Å². The van der Waals surface area contributed by atoms with Crippen LogP contribution >= 0.6 is 0 Å². The van der Waals surface area contributed by atoms with Crippen molar-refractivity contribution in [1.82, 2.24) is 16.0 Å². The first-order valence-electron chi connectivity index (χ1n) is 17.0. The fourth-order valence-electron chi connectivity index (χ4n) is 7.69. The highest BCUT2D eigenvalue weighted by Crippen LogP contribution is 2.65. The summed E-state index contributed by atoms with van der Waals surface area (Å²) in [6.45, 7) is 19.2. The first-order chi connectivity index (χ1) is 21.1. The lowest BCUT2D eigenvalue weighted by atomic mass is 9.43. The van der Waals surface area contributed by atoms with Crippen LogP contribution in [0.15, 0.2) is 30.3 Å². The van der Waals surface area contributed by atoms with Gasteiger partial charge in [0.05, 0.1) is 17.6 Å². The van der Waals surface area contributed by atoms with Crippen LogP contribution in [0.5, 0.6) is 0 Å². The molecule has 1 heterocycles. The maximum absolute atomic E-state index is 13.9. The van der Waals surface area contributed by atoms with E-state index in [-0.39, 0.29) is 47.4 Å². The molecule has 1 saturated heterocycles. The molecule has 3 aliphatic carbocycles. The van der Waals surface area contributed by atoms with Crippen molar-refractivity contribution in [3.63, 3.8) is 0 Å². The maximum Gasteiger partial charge on any atom is 0.481 e. The second-order valence-electron chi connectivity index (χ2n) is 15.7. The molecule has 1 aliphatic heterocycles. The average Bonchev–Trinajstić information content (AvgIpc) is 3.32. The summed E-state index contributed by atoms with van der Waals surface area (Å²) in [5, 5.41) is 8.91. The van der Waals surface area contributed by atoms with Gasteiger partial charge in [0.15, 0.2) is 0 Å². The number of amides is 3. The molecule has 3 N–H and O–H groups in total. The van der Waals surface area contributed by atoms with Crippen molar-refractivity contribution >= 4 is 25.0 Å². The molecule has 4 aliphatic rings. The smallest absolute Gasteiger partial charge is 0.445 e. The predicted molar refractivity (Wildman–Crippen MR) is 176 cm³/mol. The van der Waals surface area contributed by atoms with Crippen molar-refractivity contribution < 1.29 is 28.4 Å². The van der Waals surface area contributed by atoms with Gasteiger partial charge < -0.3 is 30.0 Å². The van der Waals surface area contributed by atoms with Crippen LogP contribution in [-0.2, 0) is 30.2 Å². The van der Waals surface area contributed by atoms with Crippen molar-refractivity contribution in [2.24, 2.45) is 35.0 Å². The van der Waals surface area contributed by atoms with Crippen molar-refractivity contribution in [2.45, 2.75) is 131 Å². The molecule has 4 fully saturated rings. The summed E-state index contributed by atoms with van der Waals surface area (Å²) in [5.41, 5.74) is 0.701. The Morgan fingerprint density at radius 2 is 1.42 bits per heavy atom. The highest BCUT2D eigenvalue weighted by Gasteiger charge is 2.68. The molecule has 3 saturated carbocycles. The number of hydrogen-bond acceptors (Lipinski definition) is 6.